The number of aliphatic imine (C=N–C) groups is 1. The second kappa shape index (κ2) is 13.7. The smallest absolute Gasteiger partial charge is 0.222 e. The van der Waals surface area contributed by atoms with Crippen LogP contribution < -0.4 is 20.1 Å². The monoisotopic (exact) mass is 538 g/mol. The van der Waals surface area contributed by atoms with Crippen LogP contribution in [0.5, 0.6) is 11.5 Å². The summed E-state index contributed by atoms with van der Waals surface area (Å²) in [7, 11) is 1.60. The van der Waals surface area contributed by atoms with Gasteiger partial charge in [-0.3, -0.25) is 4.79 Å². The minimum absolute atomic E-state index is 0. The Morgan fingerprint density at radius 2 is 2.10 bits per heavy atom. The third-order valence-corrected chi connectivity index (χ3v) is 4.69. The van der Waals surface area contributed by atoms with Crippen LogP contribution in [0.4, 0.5) is 0 Å². The molecule has 1 aromatic carbocycles. The van der Waals surface area contributed by atoms with Gasteiger partial charge in [0.1, 0.15) is 0 Å². The molecule has 9 heteroatoms. The topological polar surface area (TPSA) is 75.2 Å². The average Bonchev–Trinajstić information content (AvgIpc) is 3.09. The number of benzene rings is 1. The molecule has 0 saturated carbocycles. The largest absolute Gasteiger partial charge is 0.493 e. The van der Waals surface area contributed by atoms with Gasteiger partial charge in [-0.1, -0.05) is 11.6 Å². The SMILES string of the molecule is CCNC(=NCc1cc(Cl)c(OCC)c(OC)c1)NCCCN1CCCC1=O.I. The second-order valence-electron chi connectivity index (χ2n) is 6.50. The van der Waals surface area contributed by atoms with Crippen LogP contribution in [0.25, 0.3) is 0 Å². The number of amides is 1. The molecule has 1 fully saturated rings. The third-order valence-electron chi connectivity index (χ3n) is 4.41. The van der Waals surface area contributed by atoms with Gasteiger partial charge in [-0.2, -0.15) is 0 Å². The molecule has 1 aromatic rings. The molecule has 1 aliphatic heterocycles. The van der Waals surface area contributed by atoms with Gasteiger partial charge in [-0.25, -0.2) is 4.99 Å². The van der Waals surface area contributed by atoms with Crippen LogP contribution in [0.15, 0.2) is 17.1 Å². The molecule has 1 aliphatic rings. The van der Waals surface area contributed by atoms with E-state index in [0.717, 1.165) is 50.5 Å². The fraction of sp³-hybridized carbons (Fsp3) is 0.600. The van der Waals surface area contributed by atoms with E-state index in [0.29, 0.717) is 36.1 Å². The number of halogens is 2. The van der Waals surface area contributed by atoms with Crippen LogP contribution in [0.1, 0.15) is 38.7 Å². The van der Waals surface area contributed by atoms with Crippen LogP contribution >= 0.6 is 35.6 Å². The van der Waals surface area contributed by atoms with Crippen molar-refractivity contribution in [1.82, 2.24) is 15.5 Å². The molecule has 7 nitrogen and oxygen atoms in total. The summed E-state index contributed by atoms with van der Waals surface area (Å²) in [4.78, 5) is 18.2. The van der Waals surface area contributed by atoms with E-state index in [2.05, 4.69) is 15.6 Å². The van der Waals surface area contributed by atoms with Gasteiger partial charge in [-0.15, -0.1) is 24.0 Å². The Labute approximate surface area is 195 Å². The third kappa shape index (κ3) is 8.08. The minimum atomic E-state index is 0. The number of methoxy groups -OCH3 is 1. The van der Waals surface area contributed by atoms with E-state index in [1.54, 1.807) is 7.11 Å². The van der Waals surface area contributed by atoms with Crippen LogP contribution in [-0.2, 0) is 11.3 Å². The Morgan fingerprint density at radius 1 is 1.31 bits per heavy atom. The number of hydrogen-bond donors (Lipinski definition) is 2. The number of guanidine groups is 1. The molecule has 0 aliphatic carbocycles. The maximum Gasteiger partial charge on any atom is 0.222 e. The number of ether oxygens (including phenoxy) is 2. The quantitative estimate of drug-likeness (QED) is 0.207. The van der Waals surface area contributed by atoms with E-state index < -0.39 is 0 Å². The van der Waals surface area contributed by atoms with Crippen molar-refractivity contribution in [1.29, 1.82) is 0 Å². The molecule has 1 saturated heterocycles. The molecule has 164 valence electrons. The predicted molar refractivity (Wildman–Crippen MR) is 128 cm³/mol. The van der Waals surface area contributed by atoms with E-state index in [4.69, 9.17) is 21.1 Å². The Hall–Kier alpha value is -1.42. The standard InChI is InChI=1S/C20H31ClN4O3.HI/c1-4-22-20(23-9-7-11-25-10-6-8-18(25)26)24-14-15-12-16(21)19(28-5-2)17(13-15)27-3;/h12-13H,4-11,14H2,1-3H3,(H2,22,23,24);1H. The van der Waals surface area contributed by atoms with Gasteiger partial charge >= 0.3 is 0 Å². The van der Waals surface area contributed by atoms with Gasteiger partial charge in [0.05, 0.1) is 25.3 Å². The van der Waals surface area contributed by atoms with Crippen LogP contribution in [0.3, 0.4) is 0 Å². The molecule has 0 atom stereocenters. The van der Waals surface area contributed by atoms with Crippen molar-refractivity contribution in [2.75, 3.05) is 39.9 Å². The van der Waals surface area contributed by atoms with Crippen LogP contribution in [0.2, 0.25) is 5.02 Å². The molecule has 0 spiro atoms. The van der Waals surface area contributed by atoms with Crippen molar-refractivity contribution >= 4 is 47.4 Å². The van der Waals surface area contributed by atoms with E-state index in [-0.39, 0.29) is 29.9 Å². The summed E-state index contributed by atoms with van der Waals surface area (Å²) in [6.07, 6.45) is 2.55. The fourth-order valence-electron chi connectivity index (χ4n) is 3.08. The first-order valence-corrected chi connectivity index (χ1v) is 10.3. The lowest BCUT2D eigenvalue weighted by atomic mass is 10.2. The highest BCUT2D eigenvalue weighted by Gasteiger charge is 2.19. The van der Waals surface area contributed by atoms with E-state index in [1.807, 2.05) is 30.9 Å². The van der Waals surface area contributed by atoms with Crippen molar-refractivity contribution in [2.45, 2.75) is 39.7 Å². The van der Waals surface area contributed by atoms with Crippen molar-refractivity contribution in [3.8, 4) is 11.5 Å². The maximum atomic E-state index is 11.6. The number of rotatable bonds is 10. The Balaban J connectivity index is 0.00000420. The number of nitrogens with one attached hydrogen (secondary N) is 2. The summed E-state index contributed by atoms with van der Waals surface area (Å²) >= 11 is 6.33. The normalized spacial score (nSPS) is 13.9. The molecular formula is C20H32ClIN4O3. The number of hydrogen-bond acceptors (Lipinski definition) is 4. The lowest BCUT2D eigenvalue weighted by Crippen LogP contribution is -2.39. The highest BCUT2D eigenvalue weighted by atomic mass is 127. The first kappa shape index (κ1) is 25.6. The highest BCUT2D eigenvalue weighted by molar-refractivity contribution is 14.0. The number of carbonyl (C=O) groups excluding carboxylic acids is 1. The summed E-state index contributed by atoms with van der Waals surface area (Å²) in [6.45, 7) is 8.10. The molecule has 2 N–H and O–H groups in total. The highest BCUT2D eigenvalue weighted by Crippen LogP contribution is 2.36. The number of likely N-dealkylation sites (tertiary alicyclic amines) is 1. The molecule has 0 bridgehead atoms. The lowest BCUT2D eigenvalue weighted by molar-refractivity contribution is -0.127. The fourth-order valence-corrected chi connectivity index (χ4v) is 3.37. The average molecular weight is 539 g/mol. The first-order chi connectivity index (χ1) is 13.6. The van der Waals surface area contributed by atoms with Gasteiger partial charge < -0.3 is 25.0 Å². The molecule has 0 aromatic heterocycles. The second-order valence-corrected chi connectivity index (χ2v) is 6.91. The van der Waals surface area contributed by atoms with Crippen molar-refractivity contribution in [3.63, 3.8) is 0 Å². The summed E-state index contributed by atoms with van der Waals surface area (Å²) in [5, 5.41) is 7.06. The molecule has 1 heterocycles. The number of carbonyl (C=O) groups is 1. The lowest BCUT2D eigenvalue weighted by Gasteiger charge is -2.16. The zero-order valence-electron chi connectivity index (χ0n) is 17.4. The van der Waals surface area contributed by atoms with E-state index >= 15 is 0 Å². The maximum absolute atomic E-state index is 11.6. The zero-order chi connectivity index (χ0) is 20.4. The van der Waals surface area contributed by atoms with Gasteiger partial charge in [0.2, 0.25) is 5.91 Å². The van der Waals surface area contributed by atoms with Crippen LogP contribution in [-0.4, -0.2) is 56.7 Å². The summed E-state index contributed by atoms with van der Waals surface area (Å²) in [5.74, 6) is 2.16. The van der Waals surface area contributed by atoms with Gasteiger partial charge in [-0.05, 0) is 44.4 Å². The van der Waals surface area contributed by atoms with Gasteiger partial charge in [0.15, 0.2) is 17.5 Å². The molecule has 0 unspecified atom stereocenters. The first-order valence-electron chi connectivity index (χ1n) is 9.88. The van der Waals surface area contributed by atoms with E-state index in [1.165, 1.54) is 0 Å². The van der Waals surface area contributed by atoms with Gasteiger partial charge in [0.25, 0.3) is 0 Å². The predicted octanol–water partition coefficient (Wildman–Crippen LogP) is 3.43. The van der Waals surface area contributed by atoms with Gasteiger partial charge in [0, 0.05) is 32.6 Å². The molecule has 0 radical (unpaired) electrons. The molecule has 2 rings (SSSR count). The summed E-state index contributed by atoms with van der Waals surface area (Å²) in [6, 6.07) is 3.74. The Bertz CT molecular complexity index is 688. The van der Waals surface area contributed by atoms with Crippen molar-refractivity contribution < 1.29 is 14.3 Å². The van der Waals surface area contributed by atoms with Crippen molar-refractivity contribution in [2.24, 2.45) is 4.99 Å². The van der Waals surface area contributed by atoms with E-state index in [9.17, 15) is 4.79 Å². The molecule has 1 amide bonds. The Kier molecular flexibility index (Phi) is 12.1. The molecule has 29 heavy (non-hydrogen) atoms. The minimum Gasteiger partial charge on any atom is -0.493 e. The summed E-state index contributed by atoms with van der Waals surface area (Å²) < 4.78 is 10.9. The number of nitrogens with zero attached hydrogens (tertiary/aromatic N) is 2. The molecular weight excluding hydrogens is 507 g/mol. The van der Waals surface area contributed by atoms with Crippen LogP contribution in [0, 0.1) is 0 Å². The van der Waals surface area contributed by atoms with Crippen molar-refractivity contribution in [3.05, 3.63) is 22.7 Å². The Morgan fingerprint density at radius 3 is 2.72 bits per heavy atom. The summed E-state index contributed by atoms with van der Waals surface area (Å²) in [5.41, 5.74) is 0.935. The zero-order valence-corrected chi connectivity index (χ0v) is 20.5.